The molecule has 3 heteroatoms. The fourth-order valence-corrected chi connectivity index (χ4v) is 1.94. The lowest BCUT2D eigenvalue weighted by Gasteiger charge is -2.04. The van der Waals surface area contributed by atoms with Crippen molar-refractivity contribution in [2.45, 2.75) is 13.8 Å². The maximum atomic E-state index is 12.2. The Bertz CT molecular complexity index is 687. The van der Waals surface area contributed by atoms with Crippen LogP contribution in [0.5, 0.6) is 0 Å². The van der Waals surface area contributed by atoms with Crippen LogP contribution in [0.25, 0.3) is 0 Å². The van der Waals surface area contributed by atoms with Gasteiger partial charge in [0.25, 0.3) is 5.91 Å². The van der Waals surface area contributed by atoms with Gasteiger partial charge in [-0.05, 0) is 42.7 Å². The quantitative estimate of drug-likeness (QED) is 0.845. The summed E-state index contributed by atoms with van der Waals surface area (Å²) in [5, 5.41) is 7.25. The van der Waals surface area contributed by atoms with Crippen molar-refractivity contribution in [3.05, 3.63) is 70.8 Å². The summed E-state index contributed by atoms with van der Waals surface area (Å²) in [6.07, 6.45) is 1.28. The van der Waals surface area contributed by atoms with Crippen molar-refractivity contribution in [2.75, 3.05) is 0 Å². The van der Waals surface area contributed by atoms with Crippen molar-refractivity contribution in [3.63, 3.8) is 0 Å². The number of carbonyl (C=O) groups excluding carboxylic acids is 1. The van der Waals surface area contributed by atoms with E-state index in [-0.39, 0.29) is 5.91 Å². The number of aryl methyl sites for hydroxylation is 1. The monoisotopic (exact) mass is 264 g/mol. The summed E-state index contributed by atoms with van der Waals surface area (Å²) in [6, 6.07) is 14.8. The van der Waals surface area contributed by atoms with Gasteiger partial charge < -0.3 is 5.41 Å². The van der Waals surface area contributed by atoms with Crippen molar-refractivity contribution in [3.8, 4) is 0 Å². The highest BCUT2D eigenvalue weighted by Crippen LogP contribution is 2.11. The Labute approximate surface area is 118 Å². The third-order valence-corrected chi connectivity index (χ3v) is 3.12. The fourth-order valence-electron chi connectivity index (χ4n) is 1.94. The van der Waals surface area contributed by atoms with Gasteiger partial charge in [-0.15, -0.1) is 0 Å². The molecule has 1 N–H and O–H groups in total. The zero-order valence-electron chi connectivity index (χ0n) is 11.6. The molecule has 2 rings (SSSR count). The van der Waals surface area contributed by atoms with Crippen molar-refractivity contribution in [2.24, 2.45) is 4.99 Å². The summed E-state index contributed by atoms with van der Waals surface area (Å²) in [6.45, 7) is 3.70. The second-order valence-electron chi connectivity index (χ2n) is 4.59. The number of nitrogens with one attached hydrogen (secondary N) is 1. The maximum absolute atomic E-state index is 12.2. The molecule has 100 valence electrons. The number of aliphatic imine (C=N–C) groups is 1. The molecule has 2 aromatic rings. The third-order valence-electron chi connectivity index (χ3n) is 3.12. The van der Waals surface area contributed by atoms with Crippen LogP contribution < -0.4 is 0 Å². The highest BCUT2D eigenvalue weighted by molar-refractivity contribution is 6.10. The van der Waals surface area contributed by atoms with Gasteiger partial charge in [-0.25, -0.2) is 4.99 Å². The topological polar surface area (TPSA) is 53.3 Å². The van der Waals surface area contributed by atoms with Gasteiger partial charge in [0.15, 0.2) is 0 Å². The summed E-state index contributed by atoms with van der Waals surface area (Å²) in [7, 11) is 0. The summed E-state index contributed by atoms with van der Waals surface area (Å²) in [5.74, 6) is -0.235. The molecular weight excluding hydrogens is 248 g/mol. The minimum Gasteiger partial charge on any atom is -0.308 e. The SMILES string of the molecule is CC(=NC(=O)c1ccccc1C)c1cccc(C=N)c1. The van der Waals surface area contributed by atoms with E-state index < -0.39 is 0 Å². The number of amides is 1. The Morgan fingerprint density at radius 1 is 1.15 bits per heavy atom. The largest absolute Gasteiger partial charge is 0.308 e. The average molecular weight is 264 g/mol. The number of hydrogen-bond donors (Lipinski definition) is 1. The second kappa shape index (κ2) is 6.06. The smallest absolute Gasteiger partial charge is 0.277 e. The number of hydrogen-bond acceptors (Lipinski definition) is 2. The average Bonchev–Trinajstić information content (AvgIpc) is 2.47. The number of benzene rings is 2. The van der Waals surface area contributed by atoms with Gasteiger partial charge in [-0.1, -0.05) is 36.4 Å². The summed E-state index contributed by atoms with van der Waals surface area (Å²) < 4.78 is 0. The lowest BCUT2D eigenvalue weighted by Crippen LogP contribution is -2.04. The van der Waals surface area contributed by atoms with Gasteiger partial charge in [-0.2, -0.15) is 0 Å². The van der Waals surface area contributed by atoms with E-state index >= 15 is 0 Å². The highest BCUT2D eigenvalue weighted by Gasteiger charge is 2.08. The number of rotatable bonds is 3. The maximum Gasteiger partial charge on any atom is 0.277 e. The van der Waals surface area contributed by atoms with Gasteiger partial charge in [0, 0.05) is 17.5 Å². The molecule has 0 bridgehead atoms. The Morgan fingerprint density at radius 2 is 1.90 bits per heavy atom. The van der Waals surface area contributed by atoms with Crippen LogP contribution in [0.3, 0.4) is 0 Å². The molecule has 0 aromatic heterocycles. The minimum atomic E-state index is -0.235. The molecule has 0 atom stereocenters. The van der Waals surface area contributed by atoms with Gasteiger partial charge in [0.1, 0.15) is 0 Å². The summed E-state index contributed by atoms with van der Waals surface area (Å²) >= 11 is 0. The van der Waals surface area contributed by atoms with E-state index in [0.29, 0.717) is 11.3 Å². The first kappa shape index (κ1) is 13.9. The van der Waals surface area contributed by atoms with Gasteiger partial charge in [-0.3, -0.25) is 4.79 Å². The van der Waals surface area contributed by atoms with Crippen molar-refractivity contribution in [1.82, 2.24) is 0 Å². The van der Waals surface area contributed by atoms with Crippen LogP contribution in [-0.4, -0.2) is 17.8 Å². The second-order valence-corrected chi connectivity index (χ2v) is 4.59. The lowest BCUT2D eigenvalue weighted by atomic mass is 10.1. The molecule has 20 heavy (non-hydrogen) atoms. The number of carbonyl (C=O) groups is 1. The molecule has 0 heterocycles. The summed E-state index contributed by atoms with van der Waals surface area (Å²) in [4.78, 5) is 16.3. The summed E-state index contributed by atoms with van der Waals surface area (Å²) in [5.41, 5.74) is 3.84. The minimum absolute atomic E-state index is 0.235. The Morgan fingerprint density at radius 3 is 2.60 bits per heavy atom. The first-order chi connectivity index (χ1) is 9.61. The molecule has 1 amide bonds. The molecule has 0 aliphatic carbocycles. The van der Waals surface area contributed by atoms with Crippen LogP contribution in [0.2, 0.25) is 0 Å². The molecule has 0 saturated heterocycles. The number of nitrogens with zero attached hydrogens (tertiary/aromatic N) is 1. The molecule has 0 unspecified atom stereocenters. The first-order valence-corrected chi connectivity index (χ1v) is 6.38. The fraction of sp³-hybridized carbons (Fsp3) is 0.118. The normalized spacial score (nSPS) is 11.2. The van der Waals surface area contributed by atoms with Crippen LogP contribution in [0.1, 0.15) is 34.0 Å². The van der Waals surface area contributed by atoms with Crippen LogP contribution >= 0.6 is 0 Å². The molecule has 0 aliphatic rings. The first-order valence-electron chi connectivity index (χ1n) is 6.38. The molecule has 0 saturated carbocycles. The van der Waals surface area contributed by atoms with Crippen LogP contribution in [0.15, 0.2) is 53.5 Å². The Hall–Kier alpha value is -2.55. The van der Waals surface area contributed by atoms with Gasteiger partial charge in [0.05, 0.1) is 0 Å². The van der Waals surface area contributed by atoms with E-state index in [0.717, 1.165) is 16.7 Å². The van der Waals surface area contributed by atoms with Crippen molar-refractivity contribution < 1.29 is 4.79 Å². The van der Waals surface area contributed by atoms with Gasteiger partial charge in [0.2, 0.25) is 0 Å². The zero-order valence-corrected chi connectivity index (χ0v) is 11.6. The molecule has 0 radical (unpaired) electrons. The van der Waals surface area contributed by atoms with E-state index in [1.807, 2.05) is 49.4 Å². The van der Waals surface area contributed by atoms with E-state index in [2.05, 4.69) is 4.99 Å². The van der Waals surface area contributed by atoms with E-state index in [1.54, 1.807) is 13.0 Å². The molecular formula is C17H16N2O. The Kier molecular flexibility index (Phi) is 4.20. The van der Waals surface area contributed by atoms with Crippen LogP contribution in [0.4, 0.5) is 0 Å². The Balaban J connectivity index is 2.32. The van der Waals surface area contributed by atoms with Crippen LogP contribution in [-0.2, 0) is 0 Å². The van der Waals surface area contributed by atoms with Crippen LogP contribution in [0, 0.1) is 12.3 Å². The standard InChI is InChI=1S/C17H16N2O/c1-12-6-3-4-9-16(12)17(20)19-13(2)15-8-5-7-14(10-15)11-18/h3-11,18H,1-2H3. The zero-order chi connectivity index (χ0) is 14.5. The third kappa shape index (κ3) is 3.06. The van der Waals surface area contributed by atoms with Gasteiger partial charge >= 0.3 is 0 Å². The molecule has 0 fully saturated rings. The lowest BCUT2D eigenvalue weighted by molar-refractivity contribution is 0.100. The molecule has 0 aliphatic heterocycles. The molecule has 0 spiro atoms. The highest BCUT2D eigenvalue weighted by atomic mass is 16.1. The van der Waals surface area contributed by atoms with E-state index in [1.165, 1.54) is 6.21 Å². The van der Waals surface area contributed by atoms with E-state index in [4.69, 9.17) is 5.41 Å². The predicted molar refractivity (Wildman–Crippen MR) is 82.0 cm³/mol. The molecule has 2 aromatic carbocycles. The predicted octanol–water partition coefficient (Wildman–Crippen LogP) is 3.64. The van der Waals surface area contributed by atoms with E-state index in [9.17, 15) is 4.79 Å². The molecule has 3 nitrogen and oxygen atoms in total. The van der Waals surface area contributed by atoms with Crippen molar-refractivity contribution >= 4 is 17.8 Å². The van der Waals surface area contributed by atoms with Crippen molar-refractivity contribution in [1.29, 1.82) is 5.41 Å².